The summed E-state index contributed by atoms with van der Waals surface area (Å²) in [5.74, 6) is 0.453. The maximum absolute atomic E-state index is 11.5. The monoisotopic (exact) mass is 351 g/mol. The number of hydrogen-bond acceptors (Lipinski definition) is 8. The average Bonchev–Trinajstić information content (AvgIpc) is 2.99. The van der Waals surface area contributed by atoms with Crippen LogP contribution in [0, 0.1) is 6.92 Å². The van der Waals surface area contributed by atoms with Gasteiger partial charge in [-0.3, -0.25) is 10.1 Å². The number of nitrogens with zero attached hydrogens (tertiary/aromatic N) is 2. The molecule has 9 heteroatoms. The molecule has 0 aliphatic rings. The standard InChI is InChI=1S/C15H17N3O5S/c1-3-21-14(20)16-12(19)9-24-15-18-17-13(23-15)8-22-11-6-4-5-10(2)7-11/h4-7H,3,8-9H2,1-2H3,(H,16,19,20). The molecule has 0 radical (unpaired) electrons. The minimum atomic E-state index is -0.777. The molecule has 1 N–H and O–H groups in total. The molecular formula is C15H17N3O5S. The van der Waals surface area contributed by atoms with E-state index in [1.54, 1.807) is 6.92 Å². The van der Waals surface area contributed by atoms with E-state index in [1.807, 2.05) is 31.2 Å². The van der Waals surface area contributed by atoms with Crippen molar-refractivity contribution >= 4 is 23.8 Å². The molecule has 0 fully saturated rings. The molecule has 0 spiro atoms. The van der Waals surface area contributed by atoms with Crippen LogP contribution in [-0.2, 0) is 16.1 Å². The number of ether oxygens (including phenoxy) is 2. The number of amides is 2. The van der Waals surface area contributed by atoms with Crippen LogP contribution in [0.3, 0.4) is 0 Å². The van der Waals surface area contributed by atoms with Crippen LogP contribution in [-0.4, -0.2) is 34.6 Å². The molecule has 1 aromatic heterocycles. The van der Waals surface area contributed by atoms with E-state index in [0.29, 0.717) is 11.6 Å². The largest absolute Gasteiger partial charge is 0.484 e. The third-order valence-electron chi connectivity index (χ3n) is 2.64. The van der Waals surface area contributed by atoms with Crippen molar-refractivity contribution in [2.24, 2.45) is 0 Å². The molecule has 8 nitrogen and oxygen atoms in total. The van der Waals surface area contributed by atoms with E-state index >= 15 is 0 Å². The number of carbonyl (C=O) groups excluding carboxylic acids is 2. The van der Waals surface area contributed by atoms with Gasteiger partial charge >= 0.3 is 6.09 Å². The van der Waals surface area contributed by atoms with E-state index in [1.165, 1.54) is 0 Å². The number of aryl methyl sites for hydroxylation is 1. The highest BCUT2D eigenvalue weighted by molar-refractivity contribution is 7.99. The second-order valence-corrected chi connectivity index (χ2v) is 5.55. The molecule has 0 aliphatic carbocycles. The molecule has 2 aromatic rings. The van der Waals surface area contributed by atoms with E-state index in [4.69, 9.17) is 9.15 Å². The Labute approximate surface area is 142 Å². The Kier molecular flexibility index (Phi) is 6.62. The highest BCUT2D eigenvalue weighted by atomic mass is 32.2. The summed E-state index contributed by atoms with van der Waals surface area (Å²) in [5, 5.41) is 9.93. The quantitative estimate of drug-likeness (QED) is 0.758. The van der Waals surface area contributed by atoms with Crippen LogP contribution in [0.25, 0.3) is 0 Å². The van der Waals surface area contributed by atoms with E-state index in [0.717, 1.165) is 17.3 Å². The predicted molar refractivity (Wildman–Crippen MR) is 85.7 cm³/mol. The zero-order chi connectivity index (χ0) is 17.4. The number of thioether (sulfide) groups is 1. The van der Waals surface area contributed by atoms with Gasteiger partial charge in [0.05, 0.1) is 12.4 Å². The zero-order valence-electron chi connectivity index (χ0n) is 13.3. The molecule has 0 saturated carbocycles. The molecule has 1 aromatic carbocycles. The summed E-state index contributed by atoms with van der Waals surface area (Å²) in [6, 6.07) is 7.59. The number of aromatic nitrogens is 2. The Balaban J connectivity index is 1.76. The second kappa shape index (κ2) is 8.92. The number of imide groups is 1. The second-order valence-electron chi connectivity index (χ2n) is 4.62. The first-order chi connectivity index (χ1) is 11.6. The lowest BCUT2D eigenvalue weighted by Crippen LogP contribution is -2.32. The van der Waals surface area contributed by atoms with Gasteiger partial charge in [0.25, 0.3) is 11.1 Å². The van der Waals surface area contributed by atoms with Gasteiger partial charge in [-0.25, -0.2) is 4.79 Å². The molecule has 128 valence electrons. The first-order valence-corrected chi connectivity index (χ1v) is 8.16. The van der Waals surface area contributed by atoms with Crippen LogP contribution >= 0.6 is 11.8 Å². The van der Waals surface area contributed by atoms with E-state index in [9.17, 15) is 9.59 Å². The summed E-state index contributed by atoms with van der Waals surface area (Å²) >= 11 is 1.02. The number of benzene rings is 1. The topological polar surface area (TPSA) is 104 Å². The van der Waals surface area contributed by atoms with Gasteiger partial charge in [0, 0.05) is 0 Å². The Bertz CT molecular complexity index is 704. The first kappa shape index (κ1) is 17.8. The number of nitrogens with one attached hydrogen (secondary N) is 1. The van der Waals surface area contributed by atoms with Crippen molar-refractivity contribution < 1.29 is 23.5 Å². The van der Waals surface area contributed by atoms with Crippen molar-refractivity contribution in [1.29, 1.82) is 0 Å². The van der Waals surface area contributed by atoms with Crippen LogP contribution in [0.1, 0.15) is 18.4 Å². The molecular weight excluding hydrogens is 334 g/mol. The van der Waals surface area contributed by atoms with Gasteiger partial charge in [0.15, 0.2) is 6.61 Å². The molecule has 0 saturated heterocycles. The normalized spacial score (nSPS) is 10.2. The molecule has 0 bridgehead atoms. The summed E-state index contributed by atoms with van der Waals surface area (Å²) in [6.07, 6.45) is -0.777. The van der Waals surface area contributed by atoms with Crippen molar-refractivity contribution in [2.45, 2.75) is 25.7 Å². The maximum Gasteiger partial charge on any atom is 0.413 e. The zero-order valence-corrected chi connectivity index (χ0v) is 14.1. The molecule has 0 aliphatic heterocycles. The predicted octanol–water partition coefficient (Wildman–Crippen LogP) is 2.32. The van der Waals surface area contributed by atoms with Crippen molar-refractivity contribution in [2.75, 3.05) is 12.4 Å². The Morgan fingerprint density at radius 3 is 2.92 bits per heavy atom. The lowest BCUT2D eigenvalue weighted by Gasteiger charge is -2.03. The van der Waals surface area contributed by atoms with E-state index < -0.39 is 12.0 Å². The lowest BCUT2D eigenvalue weighted by molar-refractivity contribution is -0.117. The molecule has 0 unspecified atom stereocenters. The van der Waals surface area contributed by atoms with Gasteiger partial charge in [0.1, 0.15) is 5.75 Å². The van der Waals surface area contributed by atoms with E-state index in [2.05, 4.69) is 20.3 Å². The fourth-order valence-corrected chi connectivity index (χ4v) is 2.23. The summed E-state index contributed by atoms with van der Waals surface area (Å²) in [6.45, 7) is 3.94. The maximum atomic E-state index is 11.5. The Hall–Kier alpha value is -2.55. The highest BCUT2D eigenvalue weighted by Crippen LogP contribution is 2.18. The molecule has 2 rings (SSSR count). The SMILES string of the molecule is CCOC(=O)NC(=O)CSc1nnc(COc2cccc(C)c2)o1. The summed E-state index contributed by atoms with van der Waals surface area (Å²) < 4.78 is 15.5. The summed E-state index contributed by atoms with van der Waals surface area (Å²) in [4.78, 5) is 22.6. The van der Waals surface area contributed by atoms with Gasteiger partial charge in [-0.15, -0.1) is 10.2 Å². The molecule has 2 amide bonds. The van der Waals surface area contributed by atoms with Crippen LogP contribution in [0.4, 0.5) is 4.79 Å². The lowest BCUT2D eigenvalue weighted by atomic mass is 10.2. The van der Waals surface area contributed by atoms with Gasteiger partial charge in [0.2, 0.25) is 5.91 Å². The number of rotatable bonds is 7. The smallest absolute Gasteiger partial charge is 0.413 e. The van der Waals surface area contributed by atoms with Crippen LogP contribution in [0.15, 0.2) is 33.9 Å². The average molecular weight is 351 g/mol. The third kappa shape index (κ3) is 5.92. The summed E-state index contributed by atoms with van der Waals surface area (Å²) in [5.41, 5.74) is 1.09. The van der Waals surface area contributed by atoms with Gasteiger partial charge in [-0.2, -0.15) is 0 Å². The van der Waals surface area contributed by atoms with Gasteiger partial charge < -0.3 is 13.9 Å². The van der Waals surface area contributed by atoms with Crippen molar-refractivity contribution in [1.82, 2.24) is 15.5 Å². The minimum absolute atomic E-state index is 0.0425. The van der Waals surface area contributed by atoms with Crippen LogP contribution < -0.4 is 10.1 Å². The van der Waals surface area contributed by atoms with Crippen molar-refractivity contribution in [3.05, 3.63) is 35.7 Å². The number of carbonyl (C=O) groups is 2. The van der Waals surface area contributed by atoms with Gasteiger partial charge in [-0.1, -0.05) is 23.9 Å². The van der Waals surface area contributed by atoms with Crippen molar-refractivity contribution in [3.63, 3.8) is 0 Å². The first-order valence-electron chi connectivity index (χ1n) is 7.18. The van der Waals surface area contributed by atoms with Crippen LogP contribution in [0.5, 0.6) is 5.75 Å². The minimum Gasteiger partial charge on any atom is -0.484 e. The Morgan fingerprint density at radius 2 is 2.17 bits per heavy atom. The van der Waals surface area contributed by atoms with Gasteiger partial charge in [-0.05, 0) is 31.5 Å². The fraction of sp³-hybridized carbons (Fsp3) is 0.333. The summed E-state index contributed by atoms with van der Waals surface area (Å²) in [7, 11) is 0. The third-order valence-corrected chi connectivity index (χ3v) is 3.46. The molecule has 1 heterocycles. The van der Waals surface area contributed by atoms with E-state index in [-0.39, 0.29) is 24.2 Å². The van der Waals surface area contributed by atoms with Crippen molar-refractivity contribution in [3.8, 4) is 5.75 Å². The highest BCUT2D eigenvalue weighted by Gasteiger charge is 2.12. The fourth-order valence-electron chi connectivity index (χ4n) is 1.65. The number of hydrogen-bond donors (Lipinski definition) is 1. The number of alkyl carbamates (subject to hydrolysis) is 1. The molecule has 0 atom stereocenters. The van der Waals surface area contributed by atoms with Crippen LogP contribution in [0.2, 0.25) is 0 Å². The Morgan fingerprint density at radius 1 is 1.33 bits per heavy atom. The molecule has 24 heavy (non-hydrogen) atoms.